The standard InChI is InChI=1S/C8H13NOS.2C2H6.H2/c1-10-6-7(9)5-8-3-2-4-11-8;2*1-2;/h2-4,7H,5-6,9H2,1H3;2*1-2H3;1H/t7-;;;/m0.../s1. The number of nitrogens with two attached hydrogens (primary N) is 1. The summed E-state index contributed by atoms with van der Waals surface area (Å²) in [5.41, 5.74) is 5.76. The van der Waals surface area contributed by atoms with Crippen molar-refractivity contribution in [3.05, 3.63) is 22.4 Å². The molecule has 1 atom stereocenters. The molecular weight excluding hydrogens is 206 g/mol. The third-order valence-electron chi connectivity index (χ3n) is 1.42. The summed E-state index contributed by atoms with van der Waals surface area (Å²) in [6.07, 6.45) is 0.922. The van der Waals surface area contributed by atoms with Crippen LogP contribution < -0.4 is 5.73 Å². The average molecular weight is 233 g/mol. The first-order valence-corrected chi connectivity index (χ1v) is 6.48. The molecule has 1 rings (SSSR count). The molecule has 1 aromatic heterocycles. The summed E-state index contributed by atoms with van der Waals surface area (Å²) in [6, 6.07) is 4.28. The van der Waals surface area contributed by atoms with Gasteiger partial charge in [0.1, 0.15) is 0 Å². The predicted molar refractivity (Wildman–Crippen MR) is 72.7 cm³/mol. The van der Waals surface area contributed by atoms with E-state index in [1.165, 1.54) is 4.88 Å². The summed E-state index contributed by atoms with van der Waals surface area (Å²) in [4.78, 5) is 1.33. The van der Waals surface area contributed by atoms with Crippen LogP contribution >= 0.6 is 11.3 Å². The van der Waals surface area contributed by atoms with Gasteiger partial charge in [0, 0.05) is 19.5 Å². The lowest BCUT2D eigenvalue weighted by atomic mass is 10.2. The molecule has 0 spiro atoms. The molecule has 3 heteroatoms. The Labute approximate surface area is 99.9 Å². The van der Waals surface area contributed by atoms with Crippen LogP contribution in [0, 0.1) is 0 Å². The maximum Gasteiger partial charge on any atom is 0.0617 e. The van der Waals surface area contributed by atoms with E-state index >= 15 is 0 Å². The average Bonchev–Trinajstić information content (AvgIpc) is 2.77. The van der Waals surface area contributed by atoms with Gasteiger partial charge in [-0.3, -0.25) is 0 Å². The lowest BCUT2D eigenvalue weighted by molar-refractivity contribution is 0.180. The molecule has 1 heterocycles. The Kier molecular flexibility index (Phi) is 15.5. The molecule has 0 aliphatic rings. The minimum absolute atomic E-state index is 0. The van der Waals surface area contributed by atoms with Crippen LogP contribution in [0.2, 0.25) is 0 Å². The van der Waals surface area contributed by atoms with Crippen molar-refractivity contribution in [2.45, 2.75) is 40.2 Å². The fourth-order valence-corrected chi connectivity index (χ4v) is 1.76. The predicted octanol–water partition coefficient (Wildman–Crippen LogP) is 3.56. The van der Waals surface area contributed by atoms with E-state index in [-0.39, 0.29) is 7.47 Å². The number of hydrogen-bond donors (Lipinski definition) is 1. The molecule has 0 aromatic carbocycles. The molecule has 0 fully saturated rings. The molecule has 2 nitrogen and oxygen atoms in total. The van der Waals surface area contributed by atoms with Crippen molar-refractivity contribution in [3.63, 3.8) is 0 Å². The van der Waals surface area contributed by atoms with Gasteiger partial charge in [0.2, 0.25) is 0 Å². The lowest BCUT2D eigenvalue weighted by Crippen LogP contribution is -2.27. The maximum absolute atomic E-state index is 5.76. The highest BCUT2D eigenvalue weighted by Crippen LogP contribution is 2.10. The number of thiophene rings is 1. The second-order valence-electron chi connectivity index (χ2n) is 2.50. The smallest absolute Gasteiger partial charge is 0.0617 e. The lowest BCUT2D eigenvalue weighted by Gasteiger charge is -2.07. The zero-order chi connectivity index (χ0) is 12.1. The van der Waals surface area contributed by atoms with Crippen molar-refractivity contribution >= 4 is 11.3 Å². The molecule has 0 unspecified atom stereocenters. The van der Waals surface area contributed by atoms with Gasteiger partial charge in [-0.25, -0.2) is 0 Å². The minimum atomic E-state index is 0. The van der Waals surface area contributed by atoms with Gasteiger partial charge in [-0.15, -0.1) is 11.3 Å². The quantitative estimate of drug-likeness (QED) is 0.863. The van der Waals surface area contributed by atoms with Crippen molar-refractivity contribution in [2.75, 3.05) is 13.7 Å². The fourth-order valence-electron chi connectivity index (χ4n) is 0.960. The topological polar surface area (TPSA) is 35.2 Å². The number of methoxy groups -OCH3 is 1. The highest BCUT2D eigenvalue weighted by molar-refractivity contribution is 7.09. The van der Waals surface area contributed by atoms with Crippen LogP contribution in [-0.2, 0) is 11.2 Å². The van der Waals surface area contributed by atoms with E-state index in [2.05, 4.69) is 11.4 Å². The Morgan fingerprint density at radius 1 is 1.40 bits per heavy atom. The monoisotopic (exact) mass is 233 g/mol. The molecule has 0 radical (unpaired) electrons. The van der Waals surface area contributed by atoms with Crippen LogP contribution in [0.5, 0.6) is 0 Å². The van der Waals surface area contributed by atoms with E-state index in [1.807, 2.05) is 33.8 Å². The van der Waals surface area contributed by atoms with Crippen LogP contribution in [0.1, 0.15) is 34.0 Å². The Morgan fingerprint density at radius 2 is 2.00 bits per heavy atom. The third kappa shape index (κ3) is 9.91. The van der Waals surface area contributed by atoms with Crippen LogP contribution in [0.4, 0.5) is 0 Å². The summed E-state index contributed by atoms with van der Waals surface area (Å²) >= 11 is 1.74. The SMILES string of the molecule is CC.CC.COC[C@@H](N)Cc1cccs1.[HH]. The first-order chi connectivity index (χ1) is 7.33. The highest BCUT2D eigenvalue weighted by atomic mass is 32.1. The molecule has 0 aliphatic heterocycles. The molecule has 0 saturated carbocycles. The summed E-state index contributed by atoms with van der Waals surface area (Å²) in [7, 11) is 1.67. The zero-order valence-electron chi connectivity index (χ0n) is 10.6. The molecule has 0 bridgehead atoms. The second-order valence-corrected chi connectivity index (χ2v) is 3.53. The van der Waals surface area contributed by atoms with E-state index < -0.39 is 0 Å². The normalized spacial score (nSPS) is 10.5. The zero-order valence-corrected chi connectivity index (χ0v) is 11.4. The van der Waals surface area contributed by atoms with Gasteiger partial charge in [0.25, 0.3) is 0 Å². The van der Waals surface area contributed by atoms with Gasteiger partial charge in [0.05, 0.1) is 6.61 Å². The molecule has 1 aromatic rings. The van der Waals surface area contributed by atoms with E-state index in [4.69, 9.17) is 10.5 Å². The molecule has 2 N–H and O–H groups in total. The highest BCUT2D eigenvalue weighted by Gasteiger charge is 2.02. The van der Waals surface area contributed by atoms with E-state index in [1.54, 1.807) is 18.4 Å². The summed E-state index contributed by atoms with van der Waals surface area (Å²) < 4.78 is 4.93. The molecule has 92 valence electrons. The number of hydrogen-bond acceptors (Lipinski definition) is 3. The van der Waals surface area contributed by atoms with E-state index in [9.17, 15) is 0 Å². The van der Waals surface area contributed by atoms with Crippen LogP contribution in [0.15, 0.2) is 17.5 Å². The van der Waals surface area contributed by atoms with Gasteiger partial charge in [-0.2, -0.15) is 0 Å². The molecule has 0 amide bonds. The Morgan fingerprint density at radius 3 is 2.40 bits per heavy atom. The van der Waals surface area contributed by atoms with Crippen molar-refractivity contribution in [1.82, 2.24) is 0 Å². The van der Waals surface area contributed by atoms with Gasteiger partial charge < -0.3 is 10.5 Å². The van der Waals surface area contributed by atoms with Gasteiger partial charge in [-0.05, 0) is 17.9 Å². The molecule has 0 aliphatic carbocycles. The van der Waals surface area contributed by atoms with Gasteiger partial charge >= 0.3 is 0 Å². The largest absolute Gasteiger partial charge is 0.383 e. The van der Waals surface area contributed by atoms with Crippen molar-refractivity contribution in [1.29, 1.82) is 0 Å². The summed E-state index contributed by atoms with van der Waals surface area (Å²) in [5.74, 6) is 0. The fraction of sp³-hybridized carbons (Fsp3) is 0.667. The Bertz CT molecular complexity index is 193. The maximum atomic E-state index is 5.76. The van der Waals surface area contributed by atoms with E-state index in [0.717, 1.165) is 6.42 Å². The first-order valence-electron chi connectivity index (χ1n) is 5.60. The second kappa shape index (κ2) is 13.6. The van der Waals surface area contributed by atoms with Crippen molar-refractivity contribution in [2.24, 2.45) is 5.73 Å². The molecule has 0 saturated heterocycles. The Balaban J connectivity index is -0.000000305. The number of rotatable bonds is 4. The number of ether oxygens (including phenoxy) is 1. The van der Waals surface area contributed by atoms with E-state index in [0.29, 0.717) is 6.61 Å². The third-order valence-corrected chi connectivity index (χ3v) is 2.32. The first kappa shape index (κ1) is 17.0. The summed E-state index contributed by atoms with van der Waals surface area (Å²) in [5, 5.41) is 2.06. The van der Waals surface area contributed by atoms with Crippen LogP contribution in [-0.4, -0.2) is 19.8 Å². The van der Waals surface area contributed by atoms with Crippen LogP contribution in [0.3, 0.4) is 0 Å². The Hall–Kier alpha value is -0.380. The molecule has 15 heavy (non-hydrogen) atoms. The van der Waals surface area contributed by atoms with Gasteiger partial charge in [0.15, 0.2) is 0 Å². The van der Waals surface area contributed by atoms with Crippen molar-refractivity contribution < 1.29 is 6.16 Å². The van der Waals surface area contributed by atoms with Gasteiger partial charge in [-0.1, -0.05) is 33.8 Å². The summed E-state index contributed by atoms with van der Waals surface area (Å²) in [6.45, 7) is 8.64. The molecular formula is C12H27NOS. The van der Waals surface area contributed by atoms with Crippen molar-refractivity contribution in [3.8, 4) is 0 Å². The van der Waals surface area contributed by atoms with Crippen LogP contribution in [0.25, 0.3) is 0 Å². The minimum Gasteiger partial charge on any atom is -0.383 e.